The Bertz CT molecular complexity index is 916. The summed E-state index contributed by atoms with van der Waals surface area (Å²) in [5.41, 5.74) is 0.298. The summed E-state index contributed by atoms with van der Waals surface area (Å²) in [5.74, 6) is -4.77. The molecule has 1 amide bonds. The van der Waals surface area contributed by atoms with Crippen molar-refractivity contribution in [3.63, 3.8) is 0 Å². The van der Waals surface area contributed by atoms with Crippen LogP contribution in [-0.2, 0) is 0 Å². The van der Waals surface area contributed by atoms with Crippen molar-refractivity contribution in [1.29, 1.82) is 0 Å². The number of carbonyl (C=O) groups excluding carboxylic acids is 1. The molecule has 3 rings (SSSR count). The predicted octanol–water partition coefficient (Wildman–Crippen LogP) is 3.27. The van der Waals surface area contributed by atoms with E-state index in [9.17, 15) is 18.0 Å². The first-order valence-electron chi connectivity index (χ1n) is 7.63. The van der Waals surface area contributed by atoms with Gasteiger partial charge in [-0.05, 0) is 30.2 Å². The van der Waals surface area contributed by atoms with Gasteiger partial charge >= 0.3 is 0 Å². The third-order valence-electron chi connectivity index (χ3n) is 3.82. The van der Waals surface area contributed by atoms with Crippen LogP contribution in [0.3, 0.4) is 0 Å². The molecule has 0 radical (unpaired) electrons. The quantitative estimate of drug-likeness (QED) is 0.736. The minimum absolute atomic E-state index is 0.0771. The fourth-order valence-electron chi connectivity index (χ4n) is 2.51. The van der Waals surface area contributed by atoms with Gasteiger partial charge in [-0.25, -0.2) is 13.2 Å². The van der Waals surface area contributed by atoms with Gasteiger partial charge in [-0.3, -0.25) is 9.20 Å². The standard InChI is InChI=1S/C17H15F3N4O/c1-9(2)15(16-23-22-13-5-3-4-6-24(13)16)21-17(25)10-7-11(18)14(20)12(19)8-10/h3-9,15H,1-2H3,(H,21,25). The lowest BCUT2D eigenvalue weighted by Crippen LogP contribution is -2.33. The Morgan fingerprint density at radius 3 is 2.44 bits per heavy atom. The summed E-state index contributed by atoms with van der Waals surface area (Å²) >= 11 is 0. The Labute approximate surface area is 141 Å². The molecule has 0 aliphatic rings. The second kappa shape index (κ2) is 6.54. The molecule has 3 aromatic rings. The van der Waals surface area contributed by atoms with Crippen LogP contribution in [0.2, 0.25) is 0 Å². The van der Waals surface area contributed by atoms with E-state index in [4.69, 9.17) is 0 Å². The number of nitrogens with zero attached hydrogens (tertiary/aromatic N) is 3. The Kier molecular flexibility index (Phi) is 4.43. The van der Waals surface area contributed by atoms with Crippen molar-refractivity contribution in [2.45, 2.75) is 19.9 Å². The van der Waals surface area contributed by atoms with E-state index in [2.05, 4.69) is 15.5 Å². The molecule has 2 heterocycles. The normalized spacial score (nSPS) is 12.6. The van der Waals surface area contributed by atoms with Gasteiger partial charge in [0.05, 0.1) is 6.04 Å². The van der Waals surface area contributed by atoms with Crippen LogP contribution in [0.25, 0.3) is 5.65 Å². The number of rotatable bonds is 4. The van der Waals surface area contributed by atoms with Gasteiger partial charge in [-0.1, -0.05) is 19.9 Å². The smallest absolute Gasteiger partial charge is 0.252 e. The molecule has 1 atom stereocenters. The Balaban J connectivity index is 1.94. The van der Waals surface area contributed by atoms with Crippen molar-refractivity contribution in [3.05, 3.63) is 65.4 Å². The first kappa shape index (κ1) is 16.9. The third-order valence-corrected chi connectivity index (χ3v) is 3.82. The van der Waals surface area contributed by atoms with Crippen molar-refractivity contribution in [2.24, 2.45) is 5.92 Å². The second-order valence-corrected chi connectivity index (χ2v) is 5.94. The molecule has 1 unspecified atom stereocenters. The minimum atomic E-state index is -1.61. The summed E-state index contributed by atoms with van der Waals surface area (Å²) < 4.78 is 41.5. The molecule has 0 aliphatic heterocycles. The largest absolute Gasteiger partial charge is 0.342 e. The number of benzene rings is 1. The van der Waals surface area contributed by atoms with E-state index in [0.717, 1.165) is 0 Å². The van der Waals surface area contributed by atoms with Crippen LogP contribution in [0, 0.1) is 23.4 Å². The maximum Gasteiger partial charge on any atom is 0.252 e. The molecule has 5 nitrogen and oxygen atoms in total. The number of amides is 1. The summed E-state index contributed by atoms with van der Waals surface area (Å²) in [7, 11) is 0. The lowest BCUT2D eigenvalue weighted by Gasteiger charge is -2.21. The molecule has 0 spiro atoms. The minimum Gasteiger partial charge on any atom is -0.342 e. The van der Waals surface area contributed by atoms with Crippen LogP contribution >= 0.6 is 0 Å². The third kappa shape index (κ3) is 3.19. The molecule has 0 fully saturated rings. The summed E-state index contributed by atoms with van der Waals surface area (Å²) in [6.45, 7) is 3.72. The highest BCUT2D eigenvalue weighted by molar-refractivity contribution is 5.94. The average Bonchev–Trinajstić information content (AvgIpc) is 3.00. The topological polar surface area (TPSA) is 59.3 Å². The highest BCUT2D eigenvalue weighted by Gasteiger charge is 2.25. The van der Waals surface area contributed by atoms with Gasteiger partial charge in [-0.15, -0.1) is 10.2 Å². The highest BCUT2D eigenvalue weighted by atomic mass is 19.2. The average molecular weight is 348 g/mol. The molecule has 2 aromatic heterocycles. The zero-order chi connectivity index (χ0) is 18.1. The van der Waals surface area contributed by atoms with E-state index in [1.54, 1.807) is 28.8 Å². The van der Waals surface area contributed by atoms with E-state index in [0.29, 0.717) is 23.6 Å². The molecular formula is C17H15F3N4O. The molecule has 1 N–H and O–H groups in total. The number of carbonyl (C=O) groups is 1. The van der Waals surface area contributed by atoms with Crippen molar-refractivity contribution >= 4 is 11.6 Å². The molecule has 130 valence electrons. The summed E-state index contributed by atoms with van der Waals surface area (Å²) in [4.78, 5) is 12.4. The van der Waals surface area contributed by atoms with Gasteiger partial charge in [-0.2, -0.15) is 0 Å². The Morgan fingerprint density at radius 1 is 1.12 bits per heavy atom. The fraction of sp³-hybridized carbons (Fsp3) is 0.235. The first-order valence-corrected chi connectivity index (χ1v) is 7.63. The first-order chi connectivity index (χ1) is 11.9. The van der Waals surface area contributed by atoms with Crippen molar-refractivity contribution in [2.75, 3.05) is 0 Å². The van der Waals surface area contributed by atoms with Gasteiger partial charge in [0.1, 0.15) is 0 Å². The molecule has 8 heteroatoms. The SMILES string of the molecule is CC(C)C(NC(=O)c1cc(F)c(F)c(F)c1)c1nnc2ccccn12. The lowest BCUT2D eigenvalue weighted by molar-refractivity contribution is 0.0921. The van der Waals surface area contributed by atoms with Gasteiger partial charge < -0.3 is 5.32 Å². The van der Waals surface area contributed by atoms with Crippen LogP contribution in [-0.4, -0.2) is 20.5 Å². The number of hydrogen-bond acceptors (Lipinski definition) is 3. The molecule has 0 bridgehead atoms. The summed E-state index contributed by atoms with van der Waals surface area (Å²) in [5, 5.41) is 10.8. The fourth-order valence-corrected chi connectivity index (χ4v) is 2.51. The van der Waals surface area contributed by atoms with Crippen LogP contribution in [0.4, 0.5) is 13.2 Å². The molecular weight excluding hydrogens is 333 g/mol. The van der Waals surface area contributed by atoms with Crippen LogP contribution in [0.5, 0.6) is 0 Å². The van der Waals surface area contributed by atoms with Crippen LogP contribution in [0.1, 0.15) is 36.1 Å². The summed E-state index contributed by atoms with van der Waals surface area (Å²) in [6.07, 6.45) is 1.75. The second-order valence-electron chi connectivity index (χ2n) is 5.94. The molecule has 25 heavy (non-hydrogen) atoms. The number of hydrogen-bond donors (Lipinski definition) is 1. The van der Waals surface area contributed by atoms with E-state index in [1.807, 2.05) is 13.8 Å². The van der Waals surface area contributed by atoms with E-state index in [-0.39, 0.29) is 11.5 Å². The van der Waals surface area contributed by atoms with Gasteiger partial charge in [0.15, 0.2) is 28.9 Å². The zero-order valence-corrected chi connectivity index (χ0v) is 13.5. The lowest BCUT2D eigenvalue weighted by atomic mass is 10.0. The maximum absolute atomic E-state index is 13.4. The number of pyridine rings is 1. The predicted molar refractivity (Wildman–Crippen MR) is 84.3 cm³/mol. The molecule has 1 aromatic carbocycles. The van der Waals surface area contributed by atoms with Crippen LogP contribution in [0.15, 0.2) is 36.5 Å². The Morgan fingerprint density at radius 2 is 1.80 bits per heavy atom. The monoisotopic (exact) mass is 348 g/mol. The van der Waals surface area contributed by atoms with E-state index < -0.39 is 29.4 Å². The van der Waals surface area contributed by atoms with Gasteiger partial charge in [0.25, 0.3) is 5.91 Å². The van der Waals surface area contributed by atoms with E-state index >= 15 is 0 Å². The zero-order valence-electron chi connectivity index (χ0n) is 13.5. The van der Waals surface area contributed by atoms with Gasteiger partial charge in [0.2, 0.25) is 0 Å². The van der Waals surface area contributed by atoms with Crippen molar-refractivity contribution in [3.8, 4) is 0 Å². The van der Waals surface area contributed by atoms with Crippen molar-refractivity contribution in [1.82, 2.24) is 19.9 Å². The van der Waals surface area contributed by atoms with Gasteiger partial charge in [0, 0.05) is 11.8 Å². The maximum atomic E-state index is 13.4. The number of halogens is 3. The van der Waals surface area contributed by atoms with Crippen molar-refractivity contribution < 1.29 is 18.0 Å². The number of fused-ring (bicyclic) bond motifs is 1. The van der Waals surface area contributed by atoms with E-state index in [1.165, 1.54) is 0 Å². The Hall–Kier alpha value is -2.90. The molecule has 0 saturated heterocycles. The number of aromatic nitrogens is 3. The highest BCUT2D eigenvalue weighted by Crippen LogP contribution is 2.22. The molecule has 0 aliphatic carbocycles. The number of nitrogens with one attached hydrogen (secondary N) is 1. The molecule has 0 saturated carbocycles. The van der Waals surface area contributed by atoms with Crippen LogP contribution < -0.4 is 5.32 Å². The summed E-state index contributed by atoms with van der Waals surface area (Å²) in [6, 6.07) is 6.13.